The van der Waals surface area contributed by atoms with Crippen LogP contribution in [0.15, 0.2) is 18.2 Å². The molecule has 1 atom stereocenters. The average molecular weight is 278 g/mol. The van der Waals surface area contributed by atoms with Gasteiger partial charge in [0.15, 0.2) is 0 Å². The van der Waals surface area contributed by atoms with Crippen molar-refractivity contribution >= 4 is 0 Å². The average Bonchev–Trinajstić information content (AvgIpc) is 2.38. The number of halogens is 1. The van der Waals surface area contributed by atoms with Crippen LogP contribution in [0.1, 0.15) is 51.6 Å². The number of nitriles is 1. The molecule has 0 amide bonds. The second kappa shape index (κ2) is 7.25. The van der Waals surface area contributed by atoms with Crippen LogP contribution in [0, 0.1) is 22.6 Å². The summed E-state index contributed by atoms with van der Waals surface area (Å²) in [5, 5.41) is 8.92. The minimum atomic E-state index is -0.324. The second-order valence-electron chi connectivity index (χ2n) is 5.77. The standard InChI is InChI=1S/C16H23FN2O/c1-12(19)14-7-6-13(17)10-15(14)20-9-5-4-8-16(2,3)11-18/h6-7,10,12H,4-5,8-9,19H2,1-3H3/t12-/m0/s1. The van der Waals surface area contributed by atoms with Crippen molar-refractivity contribution in [2.45, 2.75) is 46.1 Å². The molecule has 0 aliphatic carbocycles. The first-order valence-corrected chi connectivity index (χ1v) is 6.95. The van der Waals surface area contributed by atoms with Crippen LogP contribution in [0.5, 0.6) is 5.75 Å². The largest absolute Gasteiger partial charge is 0.493 e. The van der Waals surface area contributed by atoms with Crippen LogP contribution in [0.2, 0.25) is 0 Å². The zero-order valence-electron chi connectivity index (χ0n) is 12.4. The summed E-state index contributed by atoms with van der Waals surface area (Å²) in [6.07, 6.45) is 2.57. The quantitative estimate of drug-likeness (QED) is 0.768. The van der Waals surface area contributed by atoms with Gasteiger partial charge >= 0.3 is 0 Å². The van der Waals surface area contributed by atoms with Crippen LogP contribution in [0.25, 0.3) is 0 Å². The number of hydrogen-bond acceptors (Lipinski definition) is 3. The monoisotopic (exact) mass is 278 g/mol. The Kier molecular flexibility index (Phi) is 5.97. The van der Waals surface area contributed by atoms with E-state index < -0.39 is 0 Å². The Morgan fingerprint density at radius 2 is 2.10 bits per heavy atom. The topological polar surface area (TPSA) is 59.0 Å². The number of unbranched alkanes of at least 4 members (excludes halogenated alkanes) is 1. The highest BCUT2D eigenvalue weighted by Gasteiger charge is 2.15. The minimum Gasteiger partial charge on any atom is -0.493 e. The molecule has 4 heteroatoms. The van der Waals surface area contributed by atoms with E-state index in [0.29, 0.717) is 12.4 Å². The van der Waals surface area contributed by atoms with Crippen LogP contribution in [0.4, 0.5) is 4.39 Å². The Hall–Kier alpha value is -1.60. The second-order valence-corrected chi connectivity index (χ2v) is 5.77. The smallest absolute Gasteiger partial charge is 0.126 e. The number of nitrogens with two attached hydrogens (primary N) is 1. The highest BCUT2D eigenvalue weighted by molar-refractivity contribution is 5.36. The molecule has 0 radical (unpaired) electrons. The molecule has 110 valence electrons. The van der Waals surface area contributed by atoms with Gasteiger partial charge in [0.1, 0.15) is 11.6 Å². The van der Waals surface area contributed by atoms with Crippen molar-refractivity contribution < 1.29 is 9.13 Å². The van der Waals surface area contributed by atoms with Gasteiger partial charge in [-0.15, -0.1) is 0 Å². The summed E-state index contributed by atoms with van der Waals surface area (Å²) in [6.45, 7) is 6.20. The summed E-state index contributed by atoms with van der Waals surface area (Å²) in [7, 11) is 0. The maximum Gasteiger partial charge on any atom is 0.126 e. The molecule has 1 aromatic rings. The van der Waals surface area contributed by atoms with E-state index in [0.717, 1.165) is 24.8 Å². The van der Waals surface area contributed by atoms with Crippen LogP contribution in [-0.4, -0.2) is 6.61 Å². The van der Waals surface area contributed by atoms with E-state index in [1.807, 2.05) is 20.8 Å². The lowest BCUT2D eigenvalue weighted by Gasteiger charge is -2.16. The third kappa shape index (κ3) is 5.18. The predicted octanol–water partition coefficient (Wildman–Crippen LogP) is 3.94. The number of rotatable bonds is 7. The molecule has 20 heavy (non-hydrogen) atoms. The van der Waals surface area contributed by atoms with Gasteiger partial charge in [-0.3, -0.25) is 0 Å². The van der Waals surface area contributed by atoms with Gasteiger partial charge in [-0.2, -0.15) is 5.26 Å². The molecule has 1 aromatic carbocycles. The fourth-order valence-electron chi connectivity index (χ4n) is 1.92. The van der Waals surface area contributed by atoms with Crippen molar-refractivity contribution in [1.82, 2.24) is 0 Å². The maximum atomic E-state index is 13.2. The molecule has 0 aromatic heterocycles. The molecule has 0 fully saturated rings. The molecule has 0 spiro atoms. The number of benzene rings is 1. The van der Waals surface area contributed by atoms with Crippen molar-refractivity contribution in [3.05, 3.63) is 29.6 Å². The predicted molar refractivity (Wildman–Crippen MR) is 77.7 cm³/mol. The van der Waals surface area contributed by atoms with E-state index in [9.17, 15) is 4.39 Å². The summed E-state index contributed by atoms with van der Waals surface area (Å²) >= 11 is 0. The molecule has 0 aliphatic rings. The van der Waals surface area contributed by atoms with Crippen molar-refractivity contribution in [3.63, 3.8) is 0 Å². The highest BCUT2D eigenvalue weighted by atomic mass is 19.1. The van der Waals surface area contributed by atoms with E-state index in [4.69, 9.17) is 15.7 Å². The van der Waals surface area contributed by atoms with Gasteiger partial charge in [0.2, 0.25) is 0 Å². The normalized spacial score (nSPS) is 12.8. The Morgan fingerprint density at radius 1 is 1.40 bits per heavy atom. The molecule has 0 bridgehead atoms. The summed E-state index contributed by atoms with van der Waals surface area (Å²) in [6, 6.07) is 6.51. The van der Waals surface area contributed by atoms with E-state index in [2.05, 4.69) is 6.07 Å². The minimum absolute atomic E-state index is 0.192. The molecule has 0 aliphatic heterocycles. The first-order chi connectivity index (χ1) is 9.35. The van der Waals surface area contributed by atoms with Gasteiger partial charge in [-0.05, 0) is 46.1 Å². The maximum absolute atomic E-state index is 13.2. The fraction of sp³-hybridized carbons (Fsp3) is 0.562. The first-order valence-electron chi connectivity index (χ1n) is 6.95. The lowest BCUT2D eigenvalue weighted by Crippen LogP contribution is -2.10. The molecule has 1 rings (SSSR count). The van der Waals surface area contributed by atoms with Crippen molar-refractivity contribution in [2.75, 3.05) is 6.61 Å². The van der Waals surface area contributed by atoms with Gasteiger partial charge in [0, 0.05) is 17.7 Å². The summed E-state index contributed by atoms with van der Waals surface area (Å²) < 4.78 is 18.9. The zero-order chi connectivity index (χ0) is 15.2. The van der Waals surface area contributed by atoms with Crippen molar-refractivity contribution in [1.29, 1.82) is 5.26 Å². The van der Waals surface area contributed by atoms with E-state index >= 15 is 0 Å². The van der Waals surface area contributed by atoms with Gasteiger partial charge < -0.3 is 10.5 Å². The molecule has 0 saturated heterocycles. The SMILES string of the molecule is C[C@H](N)c1ccc(F)cc1OCCCCC(C)(C)C#N. The zero-order valence-corrected chi connectivity index (χ0v) is 12.4. The Balaban J connectivity index is 2.46. The third-order valence-electron chi connectivity index (χ3n) is 3.22. The van der Waals surface area contributed by atoms with Gasteiger partial charge in [-0.25, -0.2) is 4.39 Å². The lowest BCUT2D eigenvalue weighted by molar-refractivity contribution is 0.290. The molecule has 2 N–H and O–H groups in total. The molecule has 0 unspecified atom stereocenters. The third-order valence-corrected chi connectivity index (χ3v) is 3.22. The number of nitrogens with zero attached hydrogens (tertiary/aromatic N) is 1. The van der Waals surface area contributed by atoms with E-state index in [-0.39, 0.29) is 17.3 Å². The van der Waals surface area contributed by atoms with Crippen LogP contribution < -0.4 is 10.5 Å². The van der Waals surface area contributed by atoms with Gasteiger partial charge in [0.25, 0.3) is 0 Å². The van der Waals surface area contributed by atoms with Crippen molar-refractivity contribution in [2.24, 2.45) is 11.1 Å². The molecule has 3 nitrogen and oxygen atoms in total. The highest BCUT2D eigenvalue weighted by Crippen LogP contribution is 2.26. The van der Waals surface area contributed by atoms with Crippen LogP contribution >= 0.6 is 0 Å². The molecule has 0 heterocycles. The summed E-state index contributed by atoms with van der Waals surface area (Å²) in [5.41, 5.74) is 6.34. The fourth-order valence-corrected chi connectivity index (χ4v) is 1.92. The van der Waals surface area contributed by atoms with Crippen molar-refractivity contribution in [3.8, 4) is 11.8 Å². The summed E-state index contributed by atoms with van der Waals surface area (Å²) in [5.74, 6) is 0.189. The van der Waals surface area contributed by atoms with Gasteiger partial charge in [0.05, 0.1) is 18.1 Å². The van der Waals surface area contributed by atoms with E-state index in [1.54, 1.807) is 6.07 Å². The van der Waals surface area contributed by atoms with Crippen LogP contribution in [0.3, 0.4) is 0 Å². The Bertz CT molecular complexity index is 478. The molecular formula is C16H23FN2O. The number of hydrogen-bond donors (Lipinski definition) is 1. The lowest BCUT2D eigenvalue weighted by atomic mass is 9.89. The first kappa shape index (κ1) is 16.5. The van der Waals surface area contributed by atoms with Gasteiger partial charge in [-0.1, -0.05) is 6.07 Å². The van der Waals surface area contributed by atoms with Crippen LogP contribution in [-0.2, 0) is 0 Å². The summed E-state index contributed by atoms with van der Waals surface area (Å²) in [4.78, 5) is 0. The number of ether oxygens (including phenoxy) is 1. The molecule has 0 saturated carbocycles. The van der Waals surface area contributed by atoms with E-state index in [1.165, 1.54) is 12.1 Å². The Labute approximate surface area is 120 Å². The molecular weight excluding hydrogens is 255 g/mol. The Morgan fingerprint density at radius 3 is 2.70 bits per heavy atom.